The quantitative estimate of drug-likeness (QED) is 0.578. The van der Waals surface area contributed by atoms with Crippen molar-refractivity contribution >= 4 is 27.1 Å². The molecule has 0 fully saturated rings. The van der Waals surface area contributed by atoms with Crippen LogP contribution in [0, 0.1) is 12.3 Å². The van der Waals surface area contributed by atoms with Crippen LogP contribution >= 0.6 is 11.3 Å². The highest BCUT2D eigenvalue weighted by molar-refractivity contribution is 7.90. The van der Waals surface area contributed by atoms with E-state index in [1.165, 1.54) is 11.1 Å². The fourth-order valence-electron chi connectivity index (χ4n) is 1.74. The smallest absolute Gasteiger partial charge is 0.191 e. The van der Waals surface area contributed by atoms with Gasteiger partial charge in [0.25, 0.3) is 0 Å². The molecule has 0 aliphatic rings. The lowest BCUT2D eigenvalue weighted by molar-refractivity contribution is 0.348. The summed E-state index contributed by atoms with van der Waals surface area (Å²) in [6.07, 6.45) is 3.74. The first kappa shape index (κ1) is 18.9. The van der Waals surface area contributed by atoms with Gasteiger partial charge in [0.05, 0.1) is 12.3 Å². The largest absolute Gasteiger partial charge is 0.356 e. The zero-order valence-electron chi connectivity index (χ0n) is 13.9. The first-order valence-corrected chi connectivity index (χ1v) is 10.0. The number of hydrogen-bond acceptors (Lipinski definition) is 5. The summed E-state index contributed by atoms with van der Waals surface area (Å²) >= 11 is 1.65. The summed E-state index contributed by atoms with van der Waals surface area (Å²) in [6.45, 7) is 7.39. The predicted octanol–water partition coefficient (Wildman–Crippen LogP) is 1.58. The Labute approximate surface area is 137 Å². The van der Waals surface area contributed by atoms with Crippen LogP contribution in [0.15, 0.2) is 11.2 Å². The van der Waals surface area contributed by atoms with Crippen LogP contribution in [0.2, 0.25) is 0 Å². The minimum absolute atomic E-state index is 0.127. The number of aromatic nitrogens is 1. The van der Waals surface area contributed by atoms with Gasteiger partial charge in [0, 0.05) is 30.9 Å². The number of guanidine groups is 1. The van der Waals surface area contributed by atoms with Gasteiger partial charge in [-0.3, -0.25) is 4.99 Å². The zero-order valence-corrected chi connectivity index (χ0v) is 15.6. The number of hydrogen-bond donors (Lipinski definition) is 2. The van der Waals surface area contributed by atoms with Gasteiger partial charge in [-0.25, -0.2) is 13.4 Å². The van der Waals surface area contributed by atoms with Gasteiger partial charge in [-0.2, -0.15) is 0 Å². The van der Waals surface area contributed by atoms with Gasteiger partial charge >= 0.3 is 0 Å². The van der Waals surface area contributed by atoms with E-state index in [1.807, 2.05) is 27.0 Å². The molecule has 22 heavy (non-hydrogen) atoms. The molecule has 0 atom stereocenters. The lowest BCUT2D eigenvalue weighted by atomic mass is 9.90. The van der Waals surface area contributed by atoms with Gasteiger partial charge in [-0.05, 0) is 18.8 Å². The van der Waals surface area contributed by atoms with Crippen molar-refractivity contribution in [3.8, 4) is 0 Å². The third-order valence-electron chi connectivity index (χ3n) is 3.18. The van der Waals surface area contributed by atoms with E-state index in [2.05, 4.69) is 20.6 Å². The first-order valence-electron chi connectivity index (χ1n) is 7.15. The molecule has 0 unspecified atom stereocenters. The van der Waals surface area contributed by atoms with Gasteiger partial charge in [0.1, 0.15) is 14.8 Å². The summed E-state index contributed by atoms with van der Waals surface area (Å²) in [5.41, 5.74) is -0.127. The van der Waals surface area contributed by atoms with Crippen molar-refractivity contribution in [2.75, 3.05) is 25.6 Å². The molecule has 6 nitrogen and oxygen atoms in total. The topological polar surface area (TPSA) is 83.4 Å². The molecule has 0 radical (unpaired) electrons. The number of rotatable bonds is 7. The Balaban J connectivity index is 2.42. The Kier molecular flexibility index (Phi) is 6.80. The standard InChI is InChI=1S/C14H26N4O2S2/c1-11-8-16-12(21-11)9-17-13(15-4)18-10-14(2,3)6-7-22(5,19)20/h8H,6-7,9-10H2,1-5H3,(H2,15,17,18). The Bertz CT molecular complexity index is 606. The number of aliphatic imine (C=N–C) groups is 1. The molecule has 126 valence electrons. The first-order chi connectivity index (χ1) is 10.1. The summed E-state index contributed by atoms with van der Waals surface area (Å²) in [4.78, 5) is 9.65. The van der Waals surface area contributed by atoms with Crippen molar-refractivity contribution in [1.29, 1.82) is 0 Å². The van der Waals surface area contributed by atoms with Crippen LogP contribution in [-0.2, 0) is 16.4 Å². The molecule has 1 rings (SSSR count). The highest BCUT2D eigenvalue weighted by atomic mass is 32.2. The second-order valence-electron chi connectivity index (χ2n) is 6.19. The lowest BCUT2D eigenvalue weighted by Gasteiger charge is -2.25. The Morgan fingerprint density at radius 1 is 1.41 bits per heavy atom. The summed E-state index contributed by atoms with van der Waals surface area (Å²) in [5, 5.41) is 7.47. The Morgan fingerprint density at radius 3 is 2.59 bits per heavy atom. The van der Waals surface area contributed by atoms with Gasteiger partial charge in [-0.15, -0.1) is 11.3 Å². The van der Waals surface area contributed by atoms with Crippen molar-refractivity contribution < 1.29 is 8.42 Å². The van der Waals surface area contributed by atoms with E-state index in [4.69, 9.17) is 0 Å². The van der Waals surface area contributed by atoms with Crippen LogP contribution in [0.4, 0.5) is 0 Å². The number of thiazole rings is 1. The van der Waals surface area contributed by atoms with Crippen LogP contribution in [0.25, 0.3) is 0 Å². The molecular formula is C14H26N4O2S2. The second-order valence-corrected chi connectivity index (χ2v) is 9.77. The molecule has 0 spiro atoms. The third kappa shape index (κ3) is 7.74. The SMILES string of the molecule is CN=C(NCc1ncc(C)s1)NCC(C)(C)CCS(C)(=O)=O. The maximum atomic E-state index is 11.3. The molecule has 2 N–H and O–H groups in total. The number of sulfone groups is 1. The molecule has 0 aromatic carbocycles. The highest BCUT2D eigenvalue weighted by Crippen LogP contribution is 2.19. The summed E-state index contributed by atoms with van der Waals surface area (Å²) < 4.78 is 22.5. The van der Waals surface area contributed by atoms with Crippen molar-refractivity contribution in [3.63, 3.8) is 0 Å². The molecule has 0 aliphatic heterocycles. The molecule has 1 aromatic rings. The van der Waals surface area contributed by atoms with E-state index in [0.29, 0.717) is 25.5 Å². The summed E-state index contributed by atoms with van der Waals surface area (Å²) in [6, 6.07) is 0. The minimum Gasteiger partial charge on any atom is -0.356 e. The highest BCUT2D eigenvalue weighted by Gasteiger charge is 2.20. The minimum atomic E-state index is -2.93. The molecular weight excluding hydrogens is 320 g/mol. The average Bonchev–Trinajstić information content (AvgIpc) is 2.82. The van der Waals surface area contributed by atoms with Crippen molar-refractivity contribution in [2.24, 2.45) is 10.4 Å². The van der Waals surface area contributed by atoms with Gasteiger partial charge < -0.3 is 10.6 Å². The van der Waals surface area contributed by atoms with Crippen molar-refractivity contribution in [3.05, 3.63) is 16.1 Å². The van der Waals surface area contributed by atoms with E-state index in [1.54, 1.807) is 18.4 Å². The number of nitrogens with zero attached hydrogens (tertiary/aromatic N) is 2. The fraction of sp³-hybridized carbons (Fsp3) is 0.714. The second kappa shape index (κ2) is 7.92. The Morgan fingerprint density at radius 2 is 2.09 bits per heavy atom. The van der Waals surface area contributed by atoms with Crippen LogP contribution in [0.5, 0.6) is 0 Å². The molecule has 0 saturated heterocycles. The monoisotopic (exact) mass is 346 g/mol. The van der Waals surface area contributed by atoms with Gasteiger partial charge in [-0.1, -0.05) is 13.8 Å². The molecule has 0 saturated carbocycles. The van der Waals surface area contributed by atoms with E-state index < -0.39 is 9.84 Å². The normalized spacial score (nSPS) is 13.2. The van der Waals surface area contributed by atoms with Crippen LogP contribution in [-0.4, -0.2) is 45.0 Å². The van der Waals surface area contributed by atoms with E-state index >= 15 is 0 Å². The lowest BCUT2D eigenvalue weighted by Crippen LogP contribution is -2.42. The zero-order chi connectivity index (χ0) is 16.8. The average molecular weight is 347 g/mol. The molecule has 0 bridgehead atoms. The molecule has 0 amide bonds. The maximum absolute atomic E-state index is 11.3. The maximum Gasteiger partial charge on any atom is 0.191 e. The number of aryl methyl sites for hydroxylation is 1. The number of nitrogens with one attached hydrogen (secondary N) is 2. The fourth-order valence-corrected chi connectivity index (χ4v) is 3.39. The van der Waals surface area contributed by atoms with Crippen LogP contribution < -0.4 is 10.6 Å². The van der Waals surface area contributed by atoms with E-state index in [0.717, 1.165) is 5.01 Å². The summed E-state index contributed by atoms with van der Waals surface area (Å²) in [5.74, 6) is 0.895. The van der Waals surface area contributed by atoms with E-state index in [9.17, 15) is 8.42 Å². The van der Waals surface area contributed by atoms with Gasteiger partial charge in [0.15, 0.2) is 5.96 Å². The predicted molar refractivity (Wildman–Crippen MR) is 93.2 cm³/mol. The van der Waals surface area contributed by atoms with Crippen LogP contribution in [0.3, 0.4) is 0 Å². The third-order valence-corrected chi connectivity index (χ3v) is 5.04. The summed E-state index contributed by atoms with van der Waals surface area (Å²) in [7, 11) is -1.21. The molecule has 1 aromatic heterocycles. The van der Waals surface area contributed by atoms with Crippen molar-refractivity contribution in [2.45, 2.75) is 33.7 Å². The van der Waals surface area contributed by atoms with E-state index in [-0.39, 0.29) is 11.2 Å². The van der Waals surface area contributed by atoms with Gasteiger partial charge in [0.2, 0.25) is 0 Å². The molecule has 1 heterocycles. The molecule has 8 heteroatoms. The van der Waals surface area contributed by atoms with Crippen molar-refractivity contribution in [1.82, 2.24) is 15.6 Å². The molecule has 0 aliphatic carbocycles. The van der Waals surface area contributed by atoms with Crippen LogP contribution in [0.1, 0.15) is 30.2 Å². The Hall–Kier alpha value is -1.15.